The van der Waals surface area contributed by atoms with Crippen LogP contribution >= 0.6 is 0 Å². The van der Waals surface area contributed by atoms with Crippen LogP contribution in [0.2, 0.25) is 0 Å². The second-order valence-electron chi connectivity index (χ2n) is 3.73. The van der Waals surface area contributed by atoms with Crippen LogP contribution in [0.3, 0.4) is 0 Å². The zero-order chi connectivity index (χ0) is 12.4. The highest BCUT2D eigenvalue weighted by Crippen LogP contribution is 2.32. The van der Waals surface area contributed by atoms with E-state index in [1.165, 1.54) is 10.8 Å². The molecule has 0 saturated carbocycles. The van der Waals surface area contributed by atoms with Crippen LogP contribution < -0.4 is 9.47 Å². The molecule has 2 aromatic rings. The number of fused-ring (bicyclic) bond motifs is 1. The van der Waals surface area contributed by atoms with E-state index in [4.69, 9.17) is 9.47 Å². The van der Waals surface area contributed by atoms with Gasteiger partial charge >= 0.3 is 0 Å². The third-order valence-corrected chi connectivity index (χ3v) is 2.55. The maximum Gasteiger partial charge on any atom is 0.270 e. The Morgan fingerprint density at radius 3 is 3.06 bits per heavy atom. The molecule has 18 heavy (non-hydrogen) atoms. The van der Waals surface area contributed by atoms with Gasteiger partial charge in [0.2, 0.25) is 6.79 Å². The minimum absolute atomic E-state index is 0.197. The Kier molecular flexibility index (Phi) is 2.57. The average Bonchev–Trinajstić information content (AvgIpc) is 3.05. The van der Waals surface area contributed by atoms with Crippen LogP contribution in [0, 0.1) is 0 Å². The minimum atomic E-state index is -0.197. The van der Waals surface area contributed by atoms with E-state index in [1.807, 2.05) is 18.2 Å². The Hall–Kier alpha value is -2.56. The largest absolute Gasteiger partial charge is 0.454 e. The third-order valence-electron chi connectivity index (χ3n) is 2.55. The number of hydrogen-bond donors (Lipinski definition) is 0. The second-order valence-corrected chi connectivity index (χ2v) is 3.73. The highest BCUT2D eigenvalue weighted by Gasteiger charge is 2.12. The van der Waals surface area contributed by atoms with E-state index in [9.17, 15) is 4.79 Å². The molecule has 0 fully saturated rings. The van der Waals surface area contributed by atoms with Gasteiger partial charge in [0.1, 0.15) is 0 Å². The molecule has 2 heterocycles. The van der Waals surface area contributed by atoms with Crippen molar-refractivity contribution in [3.8, 4) is 11.5 Å². The Morgan fingerprint density at radius 1 is 1.33 bits per heavy atom. The fourth-order valence-corrected chi connectivity index (χ4v) is 1.66. The van der Waals surface area contributed by atoms with E-state index in [0.717, 1.165) is 11.3 Å². The summed E-state index contributed by atoms with van der Waals surface area (Å²) in [6.45, 7) is 0.245. The lowest BCUT2D eigenvalue weighted by molar-refractivity contribution is 0.0955. The lowest BCUT2D eigenvalue weighted by Crippen LogP contribution is -2.06. The summed E-state index contributed by atoms with van der Waals surface area (Å²) in [5.74, 6) is 1.23. The number of nitrogens with zero attached hydrogens (tertiary/aromatic N) is 2. The molecule has 0 spiro atoms. The van der Waals surface area contributed by atoms with Gasteiger partial charge < -0.3 is 9.47 Å². The number of benzene rings is 1. The van der Waals surface area contributed by atoms with Crippen molar-refractivity contribution in [3.63, 3.8) is 0 Å². The molecule has 0 aliphatic carbocycles. The molecule has 1 aromatic carbocycles. The van der Waals surface area contributed by atoms with Crippen molar-refractivity contribution < 1.29 is 14.3 Å². The van der Waals surface area contributed by atoms with Crippen LogP contribution in [0.4, 0.5) is 0 Å². The van der Waals surface area contributed by atoms with Gasteiger partial charge in [0, 0.05) is 18.5 Å². The van der Waals surface area contributed by atoms with Crippen LogP contribution in [0.1, 0.15) is 10.4 Å². The van der Waals surface area contributed by atoms with Crippen LogP contribution in [-0.4, -0.2) is 22.5 Å². The fourth-order valence-electron chi connectivity index (χ4n) is 1.66. The van der Waals surface area contributed by atoms with Crippen molar-refractivity contribution in [1.82, 2.24) is 9.78 Å². The van der Waals surface area contributed by atoms with Crippen molar-refractivity contribution in [3.05, 3.63) is 48.3 Å². The maximum absolute atomic E-state index is 11.7. The van der Waals surface area contributed by atoms with Gasteiger partial charge in [0.05, 0.1) is 0 Å². The van der Waals surface area contributed by atoms with Crippen molar-refractivity contribution in [2.24, 2.45) is 0 Å². The first kappa shape index (κ1) is 10.6. The quantitative estimate of drug-likeness (QED) is 0.755. The molecule has 5 nitrogen and oxygen atoms in total. The van der Waals surface area contributed by atoms with Gasteiger partial charge in [-0.2, -0.15) is 5.10 Å². The molecule has 0 amide bonds. The van der Waals surface area contributed by atoms with E-state index < -0.39 is 0 Å². The molecule has 1 aliphatic rings. The minimum Gasteiger partial charge on any atom is -0.454 e. The van der Waals surface area contributed by atoms with Crippen LogP contribution in [-0.2, 0) is 0 Å². The first-order chi connectivity index (χ1) is 8.83. The van der Waals surface area contributed by atoms with Gasteiger partial charge in [0.15, 0.2) is 11.5 Å². The topological polar surface area (TPSA) is 53.4 Å². The number of rotatable bonds is 2. The molecule has 0 atom stereocenters. The van der Waals surface area contributed by atoms with E-state index in [-0.39, 0.29) is 12.7 Å². The number of carbonyl (C=O) groups is 1. The number of ether oxygens (including phenoxy) is 2. The summed E-state index contributed by atoms with van der Waals surface area (Å²) in [5.41, 5.74) is 0.875. The summed E-state index contributed by atoms with van der Waals surface area (Å²) < 4.78 is 11.7. The molecule has 90 valence electrons. The van der Waals surface area contributed by atoms with Crippen molar-refractivity contribution >= 4 is 12.0 Å². The summed E-state index contributed by atoms with van der Waals surface area (Å²) in [6.07, 6.45) is 6.34. The molecule has 1 aliphatic heterocycles. The molecule has 0 bridgehead atoms. The SMILES string of the molecule is O=C(/C=C\c1ccc2c(c1)OCO2)n1cccn1. The van der Waals surface area contributed by atoms with Gasteiger partial charge in [-0.25, -0.2) is 4.68 Å². The maximum atomic E-state index is 11.7. The highest BCUT2D eigenvalue weighted by atomic mass is 16.7. The van der Waals surface area contributed by atoms with Crippen LogP contribution in [0.5, 0.6) is 11.5 Å². The predicted octanol–water partition coefficient (Wildman–Crippen LogP) is 1.97. The first-order valence-corrected chi connectivity index (χ1v) is 5.45. The molecule has 0 unspecified atom stereocenters. The molecule has 1 aromatic heterocycles. The molecule has 5 heteroatoms. The summed E-state index contributed by atoms with van der Waals surface area (Å²) in [4.78, 5) is 11.7. The highest BCUT2D eigenvalue weighted by molar-refractivity contribution is 5.93. The number of carbonyl (C=O) groups excluding carboxylic acids is 1. The molecular weight excluding hydrogens is 232 g/mol. The summed E-state index contributed by atoms with van der Waals surface area (Å²) in [7, 11) is 0. The van der Waals surface area contributed by atoms with Gasteiger partial charge in [-0.05, 0) is 29.8 Å². The third kappa shape index (κ3) is 1.98. The zero-order valence-electron chi connectivity index (χ0n) is 9.45. The van der Waals surface area contributed by atoms with E-state index in [0.29, 0.717) is 5.75 Å². The number of aromatic nitrogens is 2. The molecule has 0 radical (unpaired) electrons. The monoisotopic (exact) mass is 242 g/mol. The van der Waals surface area contributed by atoms with Crippen molar-refractivity contribution in [2.45, 2.75) is 0 Å². The summed E-state index contributed by atoms with van der Waals surface area (Å²) in [6, 6.07) is 7.21. The predicted molar refractivity (Wildman–Crippen MR) is 64.5 cm³/mol. The molecule has 3 rings (SSSR count). The summed E-state index contributed by atoms with van der Waals surface area (Å²) in [5, 5.41) is 3.86. The van der Waals surface area contributed by atoms with Crippen LogP contribution in [0.15, 0.2) is 42.7 Å². The van der Waals surface area contributed by atoms with E-state index in [1.54, 1.807) is 24.5 Å². The summed E-state index contributed by atoms with van der Waals surface area (Å²) >= 11 is 0. The zero-order valence-corrected chi connectivity index (χ0v) is 9.45. The van der Waals surface area contributed by atoms with Gasteiger partial charge in [0.25, 0.3) is 5.91 Å². The van der Waals surface area contributed by atoms with Crippen molar-refractivity contribution in [2.75, 3.05) is 6.79 Å². The lowest BCUT2D eigenvalue weighted by Gasteiger charge is -1.97. The first-order valence-electron chi connectivity index (χ1n) is 5.45. The number of allylic oxidation sites excluding steroid dienone is 1. The van der Waals surface area contributed by atoms with E-state index in [2.05, 4.69) is 5.10 Å². The average molecular weight is 242 g/mol. The van der Waals surface area contributed by atoms with Gasteiger partial charge in [-0.1, -0.05) is 6.07 Å². The number of hydrogen-bond acceptors (Lipinski definition) is 4. The lowest BCUT2D eigenvalue weighted by atomic mass is 10.2. The van der Waals surface area contributed by atoms with E-state index >= 15 is 0 Å². The smallest absolute Gasteiger partial charge is 0.270 e. The van der Waals surface area contributed by atoms with Crippen LogP contribution in [0.25, 0.3) is 6.08 Å². The Bertz CT molecular complexity index is 603. The fraction of sp³-hybridized carbons (Fsp3) is 0.0769. The normalized spacial score (nSPS) is 13.1. The Balaban J connectivity index is 1.78. The second kappa shape index (κ2) is 4.37. The molecular formula is C13H10N2O3. The Labute approximate surface area is 103 Å². The Morgan fingerprint density at radius 2 is 2.22 bits per heavy atom. The van der Waals surface area contributed by atoms with Gasteiger partial charge in [-0.15, -0.1) is 0 Å². The standard InChI is InChI=1S/C13H10N2O3/c16-13(15-7-1-6-14-15)5-3-10-2-4-11-12(8-10)18-9-17-11/h1-8H,9H2/b5-3-. The molecule has 0 N–H and O–H groups in total. The molecule has 0 saturated heterocycles. The van der Waals surface area contributed by atoms with Crippen molar-refractivity contribution in [1.29, 1.82) is 0 Å². The van der Waals surface area contributed by atoms with Gasteiger partial charge in [-0.3, -0.25) is 4.79 Å².